The van der Waals surface area contributed by atoms with Gasteiger partial charge >= 0.3 is 6.03 Å². The number of benzene rings is 3. The van der Waals surface area contributed by atoms with E-state index in [4.69, 9.17) is 10.5 Å². The number of hydrogen-bond donors (Lipinski definition) is 2. The second-order valence-corrected chi connectivity index (χ2v) is 7.95. The lowest BCUT2D eigenvalue weighted by molar-refractivity contribution is 0.100. The number of anilines is 1. The maximum atomic E-state index is 12.9. The van der Waals surface area contributed by atoms with Gasteiger partial charge in [0.2, 0.25) is 0 Å². The van der Waals surface area contributed by atoms with Gasteiger partial charge in [-0.2, -0.15) is 0 Å². The number of ether oxygens (including phenoxy) is 1. The van der Waals surface area contributed by atoms with Gasteiger partial charge in [-0.3, -0.25) is 4.90 Å². The molecule has 0 saturated carbocycles. The average Bonchev–Trinajstić information content (AvgIpc) is 2.86. The third-order valence-electron chi connectivity index (χ3n) is 6.01. The minimum atomic E-state index is -0.160. The van der Waals surface area contributed by atoms with Gasteiger partial charge < -0.3 is 20.7 Å². The Morgan fingerprint density at radius 1 is 0.844 bits per heavy atom. The molecule has 1 saturated heterocycles. The van der Waals surface area contributed by atoms with Gasteiger partial charge in [0.1, 0.15) is 5.75 Å². The number of piperazine rings is 1. The molecular formula is C26H30N4O2. The van der Waals surface area contributed by atoms with Crippen LogP contribution >= 0.6 is 0 Å². The first-order chi connectivity index (χ1) is 15.7. The zero-order chi connectivity index (χ0) is 22.3. The molecule has 6 heteroatoms. The van der Waals surface area contributed by atoms with Crippen LogP contribution in [0.2, 0.25) is 0 Å². The fraction of sp³-hybridized carbons (Fsp3) is 0.269. The molecule has 0 unspecified atom stereocenters. The molecule has 2 atom stereocenters. The summed E-state index contributed by atoms with van der Waals surface area (Å²) in [6, 6.07) is 27.8. The highest BCUT2D eigenvalue weighted by atomic mass is 16.5. The second-order valence-electron chi connectivity index (χ2n) is 7.95. The van der Waals surface area contributed by atoms with Gasteiger partial charge in [0.05, 0.1) is 18.8 Å². The molecule has 3 aromatic carbocycles. The number of nitrogens with zero attached hydrogens (tertiary/aromatic N) is 2. The van der Waals surface area contributed by atoms with Crippen LogP contribution in [-0.2, 0) is 0 Å². The van der Waals surface area contributed by atoms with E-state index in [1.807, 2.05) is 53.4 Å². The van der Waals surface area contributed by atoms with Crippen molar-refractivity contribution >= 4 is 11.7 Å². The number of nitrogens with two attached hydrogens (primary N) is 1. The number of nitrogens with one attached hydrogen (secondary N) is 1. The summed E-state index contributed by atoms with van der Waals surface area (Å²) in [5.74, 6) is 0.650. The number of carbonyl (C=O) groups is 1. The van der Waals surface area contributed by atoms with Crippen LogP contribution in [0.4, 0.5) is 10.5 Å². The van der Waals surface area contributed by atoms with Crippen LogP contribution in [0.1, 0.15) is 23.2 Å². The van der Waals surface area contributed by atoms with E-state index in [1.165, 1.54) is 5.56 Å². The number of hydrogen-bond acceptors (Lipinski definition) is 4. The third-order valence-corrected chi connectivity index (χ3v) is 6.01. The van der Waals surface area contributed by atoms with Crippen molar-refractivity contribution in [2.75, 3.05) is 38.6 Å². The molecule has 2 amide bonds. The molecule has 0 aliphatic carbocycles. The quantitative estimate of drug-likeness (QED) is 0.612. The van der Waals surface area contributed by atoms with Gasteiger partial charge in [0.25, 0.3) is 0 Å². The van der Waals surface area contributed by atoms with E-state index >= 15 is 0 Å². The highest BCUT2D eigenvalue weighted by Crippen LogP contribution is 2.33. The molecule has 1 aliphatic heterocycles. The molecule has 3 N–H and O–H groups in total. The molecule has 3 aromatic rings. The van der Waals surface area contributed by atoms with Crippen molar-refractivity contribution in [3.8, 4) is 5.75 Å². The van der Waals surface area contributed by atoms with Crippen molar-refractivity contribution in [1.82, 2.24) is 9.80 Å². The number of amides is 2. The van der Waals surface area contributed by atoms with E-state index in [9.17, 15) is 4.79 Å². The predicted octanol–water partition coefficient (Wildman–Crippen LogP) is 4.29. The van der Waals surface area contributed by atoms with Gasteiger partial charge in [-0.25, -0.2) is 4.79 Å². The fourth-order valence-electron chi connectivity index (χ4n) is 4.30. The van der Waals surface area contributed by atoms with E-state index < -0.39 is 0 Å². The summed E-state index contributed by atoms with van der Waals surface area (Å²) in [5, 5.41) is 2.97. The number of para-hydroxylation sites is 2. The average molecular weight is 431 g/mol. The molecule has 0 aromatic heterocycles. The molecule has 1 fully saturated rings. The molecule has 1 aliphatic rings. The monoisotopic (exact) mass is 430 g/mol. The Kier molecular flexibility index (Phi) is 7.04. The van der Waals surface area contributed by atoms with E-state index in [2.05, 4.69) is 46.6 Å². The Balaban J connectivity index is 1.46. The van der Waals surface area contributed by atoms with Crippen LogP contribution in [0, 0.1) is 0 Å². The van der Waals surface area contributed by atoms with Crippen molar-refractivity contribution < 1.29 is 9.53 Å². The molecule has 4 rings (SSSR count). The lowest BCUT2D eigenvalue weighted by atomic mass is 9.92. The van der Waals surface area contributed by atoms with Gasteiger partial charge in [-0.15, -0.1) is 0 Å². The SMILES string of the molecule is COc1ccccc1NC(=O)N1CCN([C@H](c2ccccc2)[C@@H](N)c2ccccc2)CC1. The number of methoxy groups -OCH3 is 1. The Hall–Kier alpha value is -3.35. The van der Waals surface area contributed by atoms with Gasteiger partial charge in [-0.05, 0) is 23.3 Å². The molecule has 32 heavy (non-hydrogen) atoms. The summed E-state index contributed by atoms with van der Waals surface area (Å²) >= 11 is 0. The van der Waals surface area contributed by atoms with Crippen molar-refractivity contribution in [3.05, 3.63) is 96.1 Å². The van der Waals surface area contributed by atoms with Crippen LogP contribution in [0.5, 0.6) is 5.75 Å². The first kappa shape index (κ1) is 21.9. The normalized spacial score (nSPS) is 16.2. The summed E-state index contributed by atoms with van der Waals surface area (Å²) in [6.45, 7) is 2.76. The third kappa shape index (κ3) is 4.93. The van der Waals surface area contributed by atoms with E-state index in [1.54, 1.807) is 7.11 Å². The molecule has 1 heterocycles. The van der Waals surface area contributed by atoms with Crippen LogP contribution in [0.15, 0.2) is 84.9 Å². The lowest BCUT2D eigenvalue weighted by Crippen LogP contribution is -2.52. The standard InChI is InChI=1S/C26H30N4O2/c1-32-23-15-9-8-14-22(23)28-26(31)30-18-16-29(17-19-30)25(21-12-6-3-7-13-21)24(27)20-10-4-2-5-11-20/h2-15,24-25H,16-19,27H2,1H3,(H,28,31)/t24-,25+/m0/s1. The van der Waals surface area contributed by atoms with E-state index in [0.717, 1.165) is 18.7 Å². The maximum absolute atomic E-state index is 12.9. The van der Waals surface area contributed by atoms with Crippen LogP contribution in [0.25, 0.3) is 0 Å². The van der Waals surface area contributed by atoms with Gasteiger partial charge in [0.15, 0.2) is 0 Å². The largest absolute Gasteiger partial charge is 0.495 e. The number of urea groups is 1. The smallest absolute Gasteiger partial charge is 0.322 e. The predicted molar refractivity (Wildman–Crippen MR) is 128 cm³/mol. The van der Waals surface area contributed by atoms with Crippen LogP contribution in [-0.4, -0.2) is 49.1 Å². The molecular weight excluding hydrogens is 400 g/mol. The summed E-state index contributed by atoms with van der Waals surface area (Å²) in [6.07, 6.45) is 0. The van der Waals surface area contributed by atoms with E-state index in [0.29, 0.717) is 24.5 Å². The zero-order valence-corrected chi connectivity index (χ0v) is 18.4. The Labute approximate surface area is 189 Å². The number of rotatable bonds is 6. The first-order valence-corrected chi connectivity index (χ1v) is 11.0. The van der Waals surface area contributed by atoms with E-state index in [-0.39, 0.29) is 18.1 Å². The summed E-state index contributed by atoms with van der Waals surface area (Å²) in [5.41, 5.74) is 9.76. The summed E-state index contributed by atoms with van der Waals surface area (Å²) in [4.78, 5) is 17.1. The molecule has 0 spiro atoms. The zero-order valence-electron chi connectivity index (χ0n) is 18.4. The van der Waals surface area contributed by atoms with Crippen molar-refractivity contribution in [2.45, 2.75) is 12.1 Å². The van der Waals surface area contributed by atoms with Gasteiger partial charge in [0, 0.05) is 32.2 Å². The number of carbonyl (C=O) groups excluding carboxylic acids is 1. The van der Waals surface area contributed by atoms with Gasteiger partial charge in [-0.1, -0.05) is 72.8 Å². The Morgan fingerprint density at radius 3 is 2.03 bits per heavy atom. The molecule has 0 radical (unpaired) electrons. The minimum absolute atomic E-state index is 0.0398. The molecule has 0 bridgehead atoms. The Bertz CT molecular complexity index is 1000. The summed E-state index contributed by atoms with van der Waals surface area (Å²) < 4.78 is 5.34. The van der Waals surface area contributed by atoms with Crippen molar-refractivity contribution in [1.29, 1.82) is 0 Å². The minimum Gasteiger partial charge on any atom is -0.495 e. The highest BCUT2D eigenvalue weighted by molar-refractivity contribution is 5.91. The van der Waals surface area contributed by atoms with Crippen molar-refractivity contribution in [3.63, 3.8) is 0 Å². The lowest BCUT2D eigenvalue weighted by Gasteiger charge is -2.41. The maximum Gasteiger partial charge on any atom is 0.322 e. The fourth-order valence-corrected chi connectivity index (χ4v) is 4.30. The van der Waals surface area contributed by atoms with Crippen LogP contribution in [0.3, 0.4) is 0 Å². The van der Waals surface area contributed by atoms with Crippen LogP contribution < -0.4 is 15.8 Å². The topological polar surface area (TPSA) is 70.8 Å². The molecule has 166 valence electrons. The van der Waals surface area contributed by atoms with Crippen molar-refractivity contribution in [2.24, 2.45) is 5.73 Å². The summed E-state index contributed by atoms with van der Waals surface area (Å²) in [7, 11) is 1.60. The molecule has 6 nitrogen and oxygen atoms in total. The second kappa shape index (κ2) is 10.3. The highest BCUT2D eigenvalue weighted by Gasteiger charge is 2.31. The first-order valence-electron chi connectivity index (χ1n) is 11.0. The Morgan fingerprint density at radius 2 is 1.41 bits per heavy atom.